The second-order valence-corrected chi connectivity index (χ2v) is 5.89. The standard InChI is InChI=1S/C11H15NO2S/c1-11(2)4-7(3-9(13)14)10-8(5-11)12-6-15-10/h6-7H,3-5H2,1-2H3,(H,13,14). The van der Waals surface area contributed by atoms with E-state index in [0.717, 1.165) is 18.5 Å². The summed E-state index contributed by atoms with van der Waals surface area (Å²) in [5.74, 6) is -0.550. The van der Waals surface area contributed by atoms with E-state index in [4.69, 9.17) is 5.11 Å². The van der Waals surface area contributed by atoms with Gasteiger partial charge in [-0.05, 0) is 18.3 Å². The van der Waals surface area contributed by atoms with Gasteiger partial charge in [-0.15, -0.1) is 11.3 Å². The fraction of sp³-hybridized carbons (Fsp3) is 0.636. The summed E-state index contributed by atoms with van der Waals surface area (Å²) in [6.45, 7) is 4.37. The molecular formula is C11H15NO2S. The van der Waals surface area contributed by atoms with E-state index < -0.39 is 5.97 Å². The van der Waals surface area contributed by atoms with Gasteiger partial charge in [0.05, 0.1) is 17.6 Å². The van der Waals surface area contributed by atoms with Crippen LogP contribution in [0.25, 0.3) is 0 Å². The first kappa shape index (κ1) is 10.6. The van der Waals surface area contributed by atoms with Crippen LogP contribution in [0.5, 0.6) is 0 Å². The summed E-state index contributed by atoms with van der Waals surface area (Å²) >= 11 is 1.60. The lowest BCUT2D eigenvalue weighted by Gasteiger charge is -2.33. The summed E-state index contributed by atoms with van der Waals surface area (Å²) in [5.41, 5.74) is 3.13. The number of hydrogen-bond acceptors (Lipinski definition) is 3. The number of carboxylic acid groups (broad SMARTS) is 1. The van der Waals surface area contributed by atoms with Crippen molar-refractivity contribution in [2.75, 3.05) is 0 Å². The summed E-state index contributed by atoms with van der Waals surface area (Å²) in [5, 5.41) is 8.88. The first-order valence-electron chi connectivity index (χ1n) is 5.12. The van der Waals surface area contributed by atoms with Crippen LogP contribution < -0.4 is 0 Å². The Morgan fingerprint density at radius 2 is 2.47 bits per heavy atom. The highest BCUT2D eigenvalue weighted by Gasteiger charge is 2.34. The minimum atomic E-state index is -0.711. The van der Waals surface area contributed by atoms with Crippen molar-refractivity contribution in [3.8, 4) is 0 Å². The van der Waals surface area contributed by atoms with Gasteiger partial charge in [-0.2, -0.15) is 0 Å². The number of carboxylic acids is 1. The Hall–Kier alpha value is -0.900. The molecule has 1 heterocycles. The molecule has 0 bridgehead atoms. The highest BCUT2D eigenvalue weighted by molar-refractivity contribution is 7.09. The summed E-state index contributed by atoms with van der Waals surface area (Å²) in [4.78, 5) is 16.3. The van der Waals surface area contributed by atoms with Crippen LogP contribution in [-0.2, 0) is 11.2 Å². The van der Waals surface area contributed by atoms with Crippen LogP contribution >= 0.6 is 11.3 Å². The van der Waals surface area contributed by atoms with Crippen molar-refractivity contribution in [1.82, 2.24) is 4.98 Å². The van der Waals surface area contributed by atoms with Gasteiger partial charge in [0.1, 0.15) is 0 Å². The number of rotatable bonds is 2. The van der Waals surface area contributed by atoms with E-state index >= 15 is 0 Å². The molecule has 15 heavy (non-hydrogen) atoms. The number of aromatic nitrogens is 1. The number of nitrogens with zero attached hydrogens (tertiary/aromatic N) is 1. The molecule has 1 aromatic rings. The zero-order valence-electron chi connectivity index (χ0n) is 8.99. The van der Waals surface area contributed by atoms with Gasteiger partial charge in [0.15, 0.2) is 0 Å². The van der Waals surface area contributed by atoms with Gasteiger partial charge in [0, 0.05) is 10.8 Å². The molecule has 0 saturated heterocycles. The molecule has 0 radical (unpaired) electrons. The SMILES string of the molecule is CC1(C)Cc2ncsc2C(CC(=O)O)C1. The predicted molar refractivity (Wildman–Crippen MR) is 59.2 cm³/mol. The molecule has 1 aliphatic carbocycles. The van der Waals surface area contributed by atoms with Gasteiger partial charge in [0.25, 0.3) is 0 Å². The fourth-order valence-corrected chi connectivity index (χ4v) is 3.32. The molecule has 1 aliphatic rings. The number of thiazole rings is 1. The highest BCUT2D eigenvalue weighted by Crippen LogP contribution is 2.44. The van der Waals surface area contributed by atoms with Crippen molar-refractivity contribution in [2.24, 2.45) is 5.41 Å². The Bertz CT molecular complexity index is 384. The van der Waals surface area contributed by atoms with Crippen molar-refractivity contribution in [1.29, 1.82) is 0 Å². The van der Waals surface area contributed by atoms with Crippen LogP contribution in [-0.4, -0.2) is 16.1 Å². The molecule has 82 valence electrons. The Morgan fingerprint density at radius 1 is 1.73 bits per heavy atom. The second kappa shape index (κ2) is 3.59. The van der Waals surface area contributed by atoms with E-state index in [-0.39, 0.29) is 17.8 Å². The summed E-state index contributed by atoms with van der Waals surface area (Å²) in [7, 11) is 0. The van der Waals surface area contributed by atoms with Crippen molar-refractivity contribution in [3.63, 3.8) is 0 Å². The van der Waals surface area contributed by atoms with Crippen LogP contribution in [0.1, 0.15) is 43.2 Å². The van der Waals surface area contributed by atoms with Gasteiger partial charge in [0.2, 0.25) is 0 Å². The lowest BCUT2D eigenvalue weighted by atomic mass is 9.73. The molecule has 0 amide bonds. The van der Waals surface area contributed by atoms with Gasteiger partial charge >= 0.3 is 5.97 Å². The summed E-state index contributed by atoms with van der Waals surface area (Å²) in [6, 6.07) is 0. The molecule has 0 fully saturated rings. The average molecular weight is 225 g/mol. The number of aliphatic carboxylic acids is 1. The van der Waals surface area contributed by atoms with Crippen LogP contribution in [0.15, 0.2) is 5.51 Å². The minimum absolute atomic E-state index is 0.161. The maximum atomic E-state index is 10.8. The van der Waals surface area contributed by atoms with Crippen LogP contribution in [0.3, 0.4) is 0 Å². The molecule has 0 aliphatic heterocycles. The molecular weight excluding hydrogens is 210 g/mol. The van der Waals surface area contributed by atoms with Crippen LogP contribution in [0.2, 0.25) is 0 Å². The number of hydrogen-bond donors (Lipinski definition) is 1. The van der Waals surface area contributed by atoms with E-state index in [1.807, 2.05) is 5.51 Å². The zero-order chi connectivity index (χ0) is 11.1. The van der Waals surface area contributed by atoms with E-state index in [9.17, 15) is 4.79 Å². The lowest BCUT2D eigenvalue weighted by molar-refractivity contribution is -0.137. The fourth-order valence-electron chi connectivity index (χ4n) is 2.40. The van der Waals surface area contributed by atoms with Gasteiger partial charge < -0.3 is 5.11 Å². The van der Waals surface area contributed by atoms with E-state index in [1.165, 1.54) is 4.88 Å². The van der Waals surface area contributed by atoms with Crippen LogP contribution in [0, 0.1) is 5.41 Å². The van der Waals surface area contributed by atoms with Gasteiger partial charge in [-0.1, -0.05) is 13.8 Å². The molecule has 2 rings (SSSR count). The molecule has 1 aromatic heterocycles. The smallest absolute Gasteiger partial charge is 0.303 e. The Kier molecular flexibility index (Phi) is 2.54. The average Bonchev–Trinajstić information content (AvgIpc) is 2.48. The molecule has 1 unspecified atom stereocenters. The number of fused-ring (bicyclic) bond motifs is 1. The summed E-state index contributed by atoms with van der Waals surface area (Å²) in [6.07, 6.45) is 2.16. The van der Waals surface area contributed by atoms with Crippen molar-refractivity contribution >= 4 is 17.3 Å². The van der Waals surface area contributed by atoms with E-state index in [0.29, 0.717) is 0 Å². The third kappa shape index (κ3) is 2.20. The van der Waals surface area contributed by atoms with Gasteiger partial charge in [-0.25, -0.2) is 4.98 Å². The minimum Gasteiger partial charge on any atom is -0.481 e. The van der Waals surface area contributed by atoms with Crippen molar-refractivity contribution in [2.45, 2.75) is 39.0 Å². The molecule has 1 N–H and O–H groups in total. The highest BCUT2D eigenvalue weighted by atomic mass is 32.1. The molecule has 3 nitrogen and oxygen atoms in total. The first-order chi connectivity index (χ1) is 6.98. The van der Waals surface area contributed by atoms with Crippen molar-refractivity contribution < 1.29 is 9.90 Å². The topological polar surface area (TPSA) is 50.2 Å². The maximum absolute atomic E-state index is 10.8. The van der Waals surface area contributed by atoms with E-state index in [1.54, 1.807) is 11.3 Å². The molecule has 0 spiro atoms. The Labute approximate surface area is 93.2 Å². The Morgan fingerprint density at radius 3 is 3.13 bits per heavy atom. The predicted octanol–water partition coefficient (Wildman–Crippen LogP) is 2.67. The van der Waals surface area contributed by atoms with Crippen LogP contribution in [0.4, 0.5) is 0 Å². The second-order valence-electron chi connectivity index (χ2n) is 5.00. The number of carbonyl (C=O) groups is 1. The third-order valence-corrected chi connectivity index (χ3v) is 3.94. The molecule has 1 atom stereocenters. The summed E-state index contributed by atoms with van der Waals surface area (Å²) < 4.78 is 0. The van der Waals surface area contributed by atoms with E-state index in [2.05, 4.69) is 18.8 Å². The van der Waals surface area contributed by atoms with Crippen molar-refractivity contribution in [3.05, 3.63) is 16.1 Å². The third-order valence-electron chi connectivity index (χ3n) is 2.91. The monoisotopic (exact) mass is 225 g/mol. The molecule has 0 aromatic carbocycles. The largest absolute Gasteiger partial charge is 0.481 e. The first-order valence-corrected chi connectivity index (χ1v) is 6.00. The quantitative estimate of drug-likeness (QED) is 0.841. The van der Waals surface area contributed by atoms with Gasteiger partial charge in [-0.3, -0.25) is 4.79 Å². The lowest BCUT2D eigenvalue weighted by Crippen LogP contribution is -2.26. The molecule has 0 saturated carbocycles. The Balaban J connectivity index is 2.29. The molecule has 4 heteroatoms. The normalized spacial score (nSPS) is 23.5. The zero-order valence-corrected chi connectivity index (χ0v) is 9.80. The maximum Gasteiger partial charge on any atom is 0.303 e.